The molecule has 4 N–H and O–H groups in total. The van der Waals surface area contributed by atoms with Crippen molar-refractivity contribution in [2.24, 2.45) is 5.73 Å². The standard InChI is InChI=1S/C17H17N3O/c1-3-13-5-4-6-16(11-13)19-12(2)14-7-9-15(10-8-14)20-17(18)21/h1,4-12,19H,2H3,(H3,18,20,21). The summed E-state index contributed by atoms with van der Waals surface area (Å²) in [5, 5.41) is 5.92. The summed E-state index contributed by atoms with van der Waals surface area (Å²) in [6, 6.07) is 14.8. The summed E-state index contributed by atoms with van der Waals surface area (Å²) in [4.78, 5) is 10.8. The van der Waals surface area contributed by atoms with Crippen LogP contribution in [-0.4, -0.2) is 6.03 Å². The van der Waals surface area contributed by atoms with Crippen molar-refractivity contribution in [1.82, 2.24) is 0 Å². The molecule has 0 aliphatic rings. The Morgan fingerprint density at radius 1 is 1.19 bits per heavy atom. The van der Waals surface area contributed by atoms with Crippen LogP contribution in [0.2, 0.25) is 0 Å². The molecule has 1 unspecified atom stereocenters. The van der Waals surface area contributed by atoms with Crippen LogP contribution < -0.4 is 16.4 Å². The first-order chi connectivity index (χ1) is 10.1. The fourth-order valence-electron chi connectivity index (χ4n) is 2.03. The number of carbonyl (C=O) groups excluding carboxylic acids is 1. The number of anilines is 2. The summed E-state index contributed by atoms with van der Waals surface area (Å²) in [7, 11) is 0. The largest absolute Gasteiger partial charge is 0.378 e. The van der Waals surface area contributed by atoms with E-state index in [-0.39, 0.29) is 6.04 Å². The maximum atomic E-state index is 10.8. The smallest absolute Gasteiger partial charge is 0.316 e. The third-order valence-corrected chi connectivity index (χ3v) is 3.09. The molecule has 21 heavy (non-hydrogen) atoms. The first kappa shape index (κ1) is 14.5. The second kappa shape index (κ2) is 6.49. The number of hydrogen-bond donors (Lipinski definition) is 3. The number of primary amides is 1. The molecule has 0 radical (unpaired) electrons. The van der Waals surface area contributed by atoms with Gasteiger partial charge in [-0.05, 0) is 42.8 Å². The highest BCUT2D eigenvalue weighted by Crippen LogP contribution is 2.21. The van der Waals surface area contributed by atoms with Gasteiger partial charge in [0, 0.05) is 23.0 Å². The van der Waals surface area contributed by atoms with Gasteiger partial charge in [0.05, 0.1) is 0 Å². The minimum Gasteiger partial charge on any atom is -0.378 e. The molecule has 0 saturated heterocycles. The fraction of sp³-hybridized carbons (Fsp3) is 0.118. The predicted molar refractivity (Wildman–Crippen MR) is 86.1 cm³/mol. The van der Waals surface area contributed by atoms with Gasteiger partial charge in [-0.25, -0.2) is 4.79 Å². The Labute approximate surface area is 124 Å². The number of nitrogens with two attached hydrogens (primary N) is 1. The van der Waals surface area contributed by atoms with Crippen LogP contribution in [0.5, 0.6) is 0 Å². The average molecular weight is 279 g/mol. The molecule has 2 rings (SSSR count). The van der Waals surface area contributed by atoms with E-state index in [0.717, 1.165) is 16.8 Å². The third-order valence-electron chi connectivity index (χ3n) is 3.09. The molecule has 0 heterocycles. The maximum Gasteiger partial charge on any atom is 0.316 e. The van der Waals surface area contributed by atoms with Crippen molar-refractivity contribution >= 4 is 17.4 Å². The van der Waals surface area contributed by atoms with Gasteiger partial charge >= 0.3 is 6.03 Å². The van der Waals surface area contributed by atoms with E-state index in [4.69, 9.17) is 12.2 Å². The van der Waals surface area contributed by atoms with Gasteiger partial charge in [-0.1, -0.05) is 24.1 Å². The maximum absolute atomic E-state index is 10.8. The summed E-state index contributed by atoms with van der Waals surface area (Å²) in [6.07, 6.45) is 5.39. The van der Waals surface area contributed by atoms with E-state index in [1.54, 1.807) is 0 Å². The Bertz CT molecular complexity index is 671. The van der Waals surface area contributed by atoms with Crippen LogP contribution in [0.4, 0.5) is 16.2 Å². The Morgan fingerprint density at radius 2 is 1.90 bits per heavy atom. The molecule has 2 amide bonds. The third kappa shape index (κ3) is 4.02. The normalized spacial score (nSPS) is 11.2. The number of carbonyl (C=O) groups is 1. The van der Waals surface area contributed by atoms with Gasteiger partial charge in [0.2, 0.25) is 0 Å². The van der Waals surface area contributed by atoms with Gasteiger partial charge in [0.1, 0.15) is 0 Å². The van der Waals surface area contributed by atoms with Crippen molar-refractivity contribution < 1.29 is 4.79 Å². The molecule has 4 heteroatoms. The van der Waals surface area contributed by atoms with Crippen LogP contribution in [0.25, 0.3) is 0 Å². The van der Waals surface area contributed by atoms with Crippen LogP contribution in [-0.2, 0) is 0 Å². The van der Waals surface area contributed by atoms with Crippen molar-refractivity contribution in [3.05, 3.63) is 59.7 Å². The lowest BCUT2D eigenvalue weighted by Gasteiger charge is -2.16. The minimum absolute atomic E-state index is 0.112. The van der Waals surface area contributed by atoms with Crippen molar-refractivity contribution in [3.63, 3.8) is 0 Å². The SMILES string of the molecule is C#Cc1cccc(NC(C)c2ccc(NC(N)=O)cc2)c1. The minimum atomic E-state index is -0.569. The molecular formula is C17H17N3O. The monoisotopic (exact) mass is 279 g/mol. The molecule has 0 fully saturated rings. The van der Waals surface area contributed by atoms with E-state index in [9.17, 15) is 4.79 Å². The summed E-state index contributed by atoms with van der Waals surface area (Å²) >= 11 is 0. The number of nitrogens with one attached hydrogen (secondary N) is 2. The number of amides is 2. The Hall–Kier alpha value is -2.93. The van der Waals surface area contributed by atoms with E-state index < -0.39 is 6.03 Å². The summed E-state index contributed by atoms with van der Waals surface area (Å²) < 4.78 is 0. The second-order valence-corrected chi connectivity index (χ2v) is 4.70. The Morgan fingerprint density at radius 3 is 2.52 bits per heavy atom. The number of urea groups is 1. The number of hydrogen-bond acceptors (Lipinski definition) is 2. The number of benzene rings is 2. The van der Waals surface area contributed by atoms with Gasteiger partial charge in [-0.2, -0.15) is 0 Å². The topological polar surface area (TPSA) is 67.2 Å². The van der Waals surface area contributed by atoms with Gasteiger partial charge in [-0.15, -0.1) is 6.42 Å². The first-order valence-corrected chi connectivity index (χ1v) is 6.58. The quantitative estimate of drug-likeness (QED) is 0.751. The molecule has 0 aliphatic carbocycles. The van der Waals surface area contributed by atoms with Crippen molar-refractivity contribution in [2.45, 2.75) is 13.0 Å². The zero-order valence-electron chi connectivity index (χ0n) is 11.8. The molecule has 0 spiro atoms. The fourth-order valence-corrected chi connectivity index (χ4v) is 2.03. The highest BCUT2D eigenvalue weighted by molar-refractivity contribution is 5.87. The molecule has 0 bridgehead atoms. The lowest BCUT2D eigenvalue weighted by Crippen LogP contribution is -2.19. The van der Waals surface area contributed by atoms with Crippen molar-refractivity contribution in [1.29, 1.82) is 0 Å². The molecule has 106 valence electrons. The molecular weight excluding hydrogens is 262 g/mol. The van der Waals surface area contributed by atoms with E-state index in [1.165, 1.54) is 0 Å². The van der Waals surface area contributed by atoms with E-state index in [2.05, 4.69) is 23.5 Å². The summed E-state index contributed by atoms with van der Waals surface area (Å²) in [6.45, 7) is 2.05. The second-order valence-electron chi connectivity index (χ2n) is 4.70. The van der Waals surface area contributed by atoms with Crippen molar-refractivity contribution in [3.8, 4) is 12.3 Å². The molecule has 0 aliphatic heterocycles. The molecule has 0 saturated carbocycles. The highest BCUT2D eigenvalue weighted by Gasteiger charge is 2.06. The highest BCUT2D eigenvalue weighted by atomic mass is 16.2. The van der Waals surface area contributed by atoms with E-state index >= 15 is 0 Å². The zero-order chi connectivity index (χ0) is 15.2. The van der Waals surface area contributed by atoms with Crippen molar-refractivity contribution in [2.75, 3.05) is 10.6 Å². The lowest BCUT2D eigenvalue weighted by molar-refractivity contribution is 0.259. The molecule has 1 atom stereocenters. The van der Waals surface area contributed by atoms with Crippen LogP contribution >= 0.6 is 0 Å². The average Bonchev–Trinajstić information content (AvgIpc) is 2.47. The molecule has 4 nitrogen and oxygen atoms in total. The van der Waals surface area contributed by atoms with Crippen LogP contribution in [0.3, 0.4) is 0 Å². The number of terminal acetylenes is 1. The molecule has 2 aromatic rings. The van der Waals surface area contributed by atoms with E-state index in [0.29, 0.717) is 5.69 Å². The number of rotatable bonds is 4. The van der Waals surface area contributed by atoms with Crippen LogP contribution in [0.1, 0.15) is 24.1 Å². The Balaban J connectivity index is 2.07. The van der Waals surface area contributed by atoms with Crippen LogP contribution in [0, 0.1) is 12.3 Å². The molecule has 0 aromatic heterocycles. The van der Waals surface area contributed by atoms with Gasteiger partial charge in [0.25, 0.3) is 0 Å². The van der Waals surface area contributed by atoms with E-state index in [1.807, 2.05) is 48.5 Å². The van der Waals surface area contributed by atoms with Gasteiger partial charge in [-0.3, -0.25) is 0 Å². The lowest BCUT2D eigenvalue weighted by atomic mass is 10.1. The van der Waals surface area contributed by atoms with Gasteiger partial charge < -0.3 is 16.4 Å². The van der Waals surface area contributed by atoms with Crippen LogP contribution in [0.15, 0.2) is 48.5 Å². The summed E-state index contributed by atoms with van der Waals surface area (Å²) in [5.74, 6) is 2.61. The van der Waals surface area contributed by atoms with Gasteiger partial charge in [0.15, 0.2) is 0 Å². The first-order valence-electron chi connectivity index (χ1n) is 6.58. The summed E-state index contributed by atoms with van der Waals surface area (Å²) in [5.41, 5.74) is 8.65. The molecule has 2 aromatic carbocycles. The zero-order valence-corrected chi connectivity index (χ0v) is 11.8. The Kier molecular flexibility index (Phi) is 4.47. The predicted octanol–water partition coefficient (Wildman–Crippen LogP) is 3.33.